The minimum absolute atomic E-state index is 0.538. The topological polar surface area (TPSA) is 67.1 Å². The number of nitrogens with one attached hydrogen (secondary N) is 1. The van der Waals surface area contributed by atoms with Gasteiger partial charge in [-0.1, -0.05) is 13.3 Å². The Hall–Kier alpha value is -1.36. The van der Waals surface area contributed by atoms with Crippen molar-refractivity contribution in [2.75, 3.05) is 23.9 Å². The largest absolute Gasteiger partial charge is 0.359 e. The first-order valence-electron chi connectivity index (χ1n) is 6.73. The molecule has 0 spiro atoms. The lowest BCUT2D eigenvalue weighted by molar-refractivity contribution is 0.750. The summed E-state index contributed by atoms with van der Waals surface area (Å²) in [5.41, 5.74) is 3.72. The van der Waals surface area contributed by atoms with Crippen molar-refractivity contribution in [3.8, 4) is 0 Å². The maximum Gasteiger partial charge on any atom is 0.148 e. The molecule has 0 aromatic carbocycles. The molecule has 1 aromatic rings. The number of nitrogens with zero attached hydrogens (tertiary/aromatic N) is 3. The summed E-state index contributed by atoms with van der Waals surface area (Å²) in [6.07, 6.45) is 4.76. The average Bonchev–Trinajstić information content (AvgIpc) is 3.20. The van der Waals surface area contributed by atoms with Crippen molar-refractivity contribution in [3.63, 3.8) is 0 Å². The van der Waals surface area contributed by atoms with E-state index in [4.69, 9.17) is 10.8 Å². The van der Waals surface area contributed by atoms with Crippen molar-refractivity contribution >= 4 is 11.6 Å². The summed E-state index contributed by atoms with van der Waals surface area (Å²) in [5.74, 6) is 8.79. The first-order chi connectivity index (χ1) is 8.67. The number of hydrogen-bond donors (Lipinski definition) is 2. The van der Waals surface area contributed by atoms with Crippen LogP contribution in [0.1, 0.15) is 49.9 Å². The van der Waals surface area contributed by atoms with Crippen LogP contribution in [0.5, 0.6) is 0 Å². The van der Waals surface area contributed by atoms with Gasteiger partial charge in [0.2, 0.25) is 0 Å². The van der Waals surface area contributed by atoms with Crippen LogP contribution in [0.3, 0.4) is 0 Å². The molecule has 5 heteroatoms. The zero-order chi connectivity index (χ0) is 13.1. The molecule has 100 valence electrons. The number of hydrazine groups is 1. The molecule has 0 atom stereocenters. The number of aromatic nitrogens is 2. The Morgan fingerprint density at radius 1 is 1.39 bits per heavy atom. The van der Waals surface area contributed by atoms with Crippen LogP contribution >= 0.6 is 0 Å². The summed E-state index contributed by atoms with van der Waals surface area (Å²) in [5, 5.41) is 0. The van der Waals surface area contributed by atoms with E-state index in [0.29, 0.717) is 5.92 Å². The van der Waals surface area contributed by atoms with E-state index in [1.807, 2.05) is 6.92 Å². The Morgan fingerprint density at radius 2 is 2.11 bits per heavy atom. The molecule has 1 fully saturated rings. The standard InChI is InChI=1S/C13H23N5/c1-4-5-8-18(3)13-9(2)11(17-14)15-12(16-13)10-6-7-10/h10H,4-8,14H2,1-3H3,(H,15,16,17). The van der Waals surface area contributed by atoms with E-state index >= 15 is 0 Å². The van der Waals surface area contributed by atoms with Gasteiger partial charge < -0.3 is 10.3 Å². The van der Waals surface area contributed by atoms with Crippen molar-refractivity contribution in [3.05, 3.63) is 11.4 Å². The Morgan fingerprint density at radius 3 is 2.67 bits per heavy atom. The van der Waals surface area contributed by atoms with Gasteiger partial charge in [-0.2, -0.15) is 0 Å². The minimum atomic E-state index is 0.538. The van der Waals surface area contributed by atoms with E-state index < -0.39 is 0 Å². The zero-order valence-electron chi connectivity index (χ0n) is 11.5. The van der Waals surface area contributed by atoms with Crippen LogP contribution in [0.4, 0.5) is 11.6 Å². The molecule has 0 amide bonds. The van der Waals surface area contributed by atoms with Crippen molar-refractivity contribution in [1.82, 2.24) is 9.97 Å². The fourth-order valence-corrected chi connectivity index (χ4v) is 2.06. The van der Waals surface area contributed by atoms with Gasteiger partial charge in [0.05, 0.1) is 0 Å². The Balaban J connectivity index is 2.28. The lowest BCUT2D eigenvalue weighted by atomic mass is 10.2. The minimum Gasteiger partial charge on any atom is -0.359 e. The zero-order valence-corrected chi connectivity index (χ0v) is 11.5. The second-order valence-electron chi connectivity index (χ2n) is 5.07. The Labute approximate surface area is 109 Å². The first-order valence-corrected chi connectivity index (χ1v) is 6.73. The fraction of sp³-hybridized carbons (Fsp3) is 0.692. The molecule has 0 radical (unpaired) electrons. The monoisotopic (exact) mass is 249 g/mol. The van der Waals surface area contributed by atoms with Gasteiger partial charge in [0.15, 0.2) is 0 Å². The lowest BCUT2D eigenvalue weighted by Gasteiger charge is -2.21. The van der Waals surface area contributed by atoms with Gasteiger partial charge in [0, 0.05) is 25.1 Å². The van der Waals surface area contributed by atoms with Crippen molar-refractivity contribution in [2.24, 2.45) is 5.84 Å². The molecule has 1 aromatic heterocycles. The van der Waals surface area contributed by atoms with Crippen molar-refractivity contribution < 1.29 is 0 Å². The maximum atomic E-state index is 5.55. The van der Waals surface area contributed by atoms with Gasteiger partial charge in [0.1, 0.15) is 17.5 Å². The van der Waals surface area contributed by atoms with Gasteiger partial charge in [-0.3, -0.25) is 0 Å². The smallest absolute Gasteiger partial charge is 0.148 e. The molecule has 0 saturated heterocycles. The van der Waals surface area contributed by atoms with Crippen LogP contribution in [-0.2, 0) is 0 Å². The quantitative estimate of drug-likeness (QED) is 0.597. The molecule has 0 bridgehead atoms. The van der Waals surface area contributed by atoms with Crippen molar-refractivity contribution in [2.45, 2.75) is 45.4 Å². The van der Waals surface area contributed by atoms with Crippen LogP contribution in [0.25, 0.3) is 0 Å². The number of rotatable bonds is 6. The molecule has 2 rings (SSSR count). The maximum absolute atomic E-state index is 5.55. The highest BCUT2D eigenvalue weighted by Gasteiger charge is 2.28. The molecule has 0 unspecified atom stereocenters. The van der Waals surface area contributed by atoms with Gasteiger partial charge >= 0.3 is 0 Å². The van der Waals surface area contributed by atoms with E-state index in [-0.39, 0.29) is 0 Å². The average molecular weight is 249 g/mol. The third-order valence-electron chi connectivity index (χ3n) is 3.43. The number of unbranched alkanes of at least 4 members (excludes halogenated alkanes) is 1. The summed E-state index contributed by atoms with van der Waals surface area (Å²) in [6, 6.07) is 0. The normalized spacial score (nSPS) is 14.7. The molecule has 1 heterocycles. The summed E-state index contributed by atoms with van der Waals surface area (Å²) in [6.45, 7) is 5.23. The van der Waals surface area contributed by atoms with Crippen LogP contribution < -0.4 is 16.2 Å². The van der Waals surface area contributed by atoms with Crippen LogP contribution in [0.15, 0.2) is 0 Å². The summed E-state index contributed by atoms with van der Waals surface area (Å²) in [7, 11) is 2.09. The van der Waals surface area contributed by atoms with Crippen LogP contribution in [-0.4, -0.2) is 23.6 Å². The number of anilines is 2. The summed E-state index contributed by atoms with van der Waals surface area (Å²) >= 11 is 0. The number of nitrogens with two attached hydrogens (primary N) is 1. The molecule has 1 aliphatic rings. The van der Waals surface area contributed by atoms with Gasteiger partial charge in [-0.05, 0) is 26.2 Å². The van der Waals surface area contributed by atoms with Crippen LogP contribution in [0, 0.1) is 6.92 Å². The highest BCUT2D eigenvalue weighted by atomic mass is 15.3. The predicted molar refractivity (Wildman–Crippen MR) is 74.7 cm³/mol. The number of nitrogen functional groups attached to an aromatic ring is 1. The van der Waals surface area contributed by atoms with E-state index in [9.17, 15) is 0 Å². The molecular weight excluding hydrogens is 226 g/mol. The molecule has 0 aliphatic heterocycles. The Kier molecular flexibility index (Phi) is 4.01. The third kappa shape index (κ3) is 2.72. The van der Waals surface area contributed by atoms with Gasteiger partial charge in [-0.25, -0.2) is 15.8 Å². The summed E-state index contributed by atoms with van der Waals surface area (Å²) in [4.78, 5) is 11.4. The second kappa shape index (κ2) is 5.52. The third-order valence-corrected chi connectivity index (χ3v) is 3.43. The highest BCUT2D eigenvalue weighted by molar-refractivity contribution is 5.58. The van der Waals surface area contributed by atoms with E-state index in [1.54, 1.807) is 0 Å². The Bertz CT molecular complexity index is 414. The van der Waals surface area contributed by atoms with E-state index in [1.165, 1.54) is 25.7 Å². The highest BCUT2D eigenvalue weighted by Crippen LogP contribution is 2.39. The molecule has 5 nitrogen and oxygen atoms in total. The van der Waals surface area contributed by atoms with Gasteiger partial charge in [0.25, 0.3) is 0 Å². The predicted octanol–water partition coefficient (Wildman–Crippen LogP) is 2.18. The molecule has 18 heavy (non-hydrogen) atoms. The molecule has 3 N–H and O–H groups in total. The SMILES string of the molecule is CCCCN(C)c1nc(C2CC2)nc(NN)c1C. The molecular formula is C13H23N5. The second-order valence-corrected chi connectivity index (χ2v) is 5.07. The van der Waals surface area contributed by atoms with Crippen molar-refractivity contribution in [1.29, 1.82) is 0 Å². The van der Waals surface area contributed by atoms with Gasteiger partial charge in [-0.15, -0.1) is 0 Å². The molecule has 1 aliphatic carbocycles. The summed E-state index contributed by atoms with van der Waals surface area (Å²) < 4.78 is 0. The first kappa shape index (κ1) is 13.1. The van der Waals surface area contributed by atoms with E-state index in [0.717, 1.165) is 29.6 Å². The lowest BCUT2D eigenvalue weighted by Crippen LogP contribution is -2.23. The van der Waals surface area contributed by atoms with Crippen LogP contribution in [0.2, 0.25) is 0 Å². The fourth-order valence-electron chi connectivity index (χ4n) is 2.06. The van der Waals surface area contributed by atoms with E-state index in [2.05, 4.69) is 29.3 Å². The molecule has 1 saturated carbocycles. The number of hydrogen-bond acceptors (Lipinski definition) is 5.